The average Bonchev–Trinajstić information content (AvgIpc) is 3.03. The molecule has 0 saturated heterocycles. The molecule has 2 heterocycles. The van der Waals surface area contributed by atoms with Crippen LogP contribution in [0.1, 0.15) is 15.2 Å². The van der Waals surface area contributed by atoms with Crippen LogP contribution in [0, 0.1) is 5.82 Å². The maximum absolute atomic E-state index is 14.2. The molecule has 0 aliphatic carbocycles. The lowest BCUT2D eigenvalue weighted by Crippen LogP contribution is -2.00. The first-order valence-corrected chi connectivity index (χ1v) is 8.61. The van der Waals surface area contributed by atoms with Crippen LogP contribution in [0.25, 0.3) is 0 Å². The number of thiazole rings is 1. The molecule has 3 aromatic rings. The number of aromatic nitrogens is 2. The summed E-state index contributed by atoms with van der Waals surface area (Å²) in [6.07, 6.45) is 3.11. The van der Waals surface area contributed by atoms with Crippen molar-refractivity contribution < 1.29 is 18.7 Å². The fourth-order valence-corrected chi connectivity index (χ4v) is 3.14. The number of anilines is 1. The Labute approximate surface area is 157 Å². The van der Waals surface area contributed by atoms with Gasteiger partial charge in [0.25, 0.3) is 0 Å². The summed E-state index contributed by atoms with van der Waals surface area (Å²) in [5.41, 5.74) is 0.673. The van der Waals surface area contributed by atoms with Gasteiger partial charge in [0.2, 0.25) is 0 Å². The number of esters is 1. The minimum atomic E-state index is -0.552. The zero-order valence-electron chi connectivity index (χ0n) is 13.5. The van der Waals surface area contributed by atoms with Gasteiger partial charge in [0, 0.05) is 12.7 Å². The first kappa shape index (κ1) is 18.1. The molecular weight excluding hydrogens is 381 g/mol. The number of hydrogen-bond acceptors (Lipinski definition) is 7. The summed E-state index contributed by atoms with van der Waals surface area (Å²) in [6.45, 7) is 0.300. The van der Waals surface area contributed by atoms with Crippen molar-refractivity contribution in [3.8, 4) is 11.5 Å². The summed E-state index contributed by atoms with van der Waals surface area (Å²) in [7, 11) is 1.27. The third-order valence-corrected chi connectivity index (χ3v) is 4.64. The lowest BCUT2D eigenvalue weighted by molar-refractivity contribution is 0.0606. The van der Waals surface area contributed by atoms with E-state index in [0.29, 0.717) is 23.0 Å². The van der Waals surface area contributed by atoms with Crippen LogP contribution >= 0.6 is 22.9 Å². The molecule has 1 N–H and O–H groups in total. The fourth-order valence-electron chi connectivity index (χ4n) is 2.04. The molecule has 3 rings (SSSR count). The van der Waals surface area contributed by atoms with Gasteiger partial charge in [0.1, 0.15) is 5.75 Å². The van der Waals surface area contributed by atoms with E-state index in [9.17, 15) is 9.18 Å². The molecule has 0 aliphatic heterocycles. The number of nitrogens with one attached hydrogen (secondary N) is 1. The van der Waals surface area contributed by atoms with Crippen molar-refractivity contribution in [1.29, 1.82) is 0 Å². The van der Waals surface area contributed by atoms with Crippen molar-refractivity contribution in [3.05, 3.63) is 64.1 Å². The van der Waals surface area contributed by atoms with Gasteiger partial charge in [-0.1, -0.05) is 29.0 Å². The third-order valence-electron chi connectivity index (χ3n) is 3.26. The first-order valence-electron chi connectivity index (χ1n) is 7.41. The molecule has 2 aromatic heterocycles. The van der Waals surface area contributed by atoms with Gasteiger partial charge in [-0.2, -0.15) is 0 Å². The minimum absolute atomic E-state index is 0.0655. The Bertz CT molecular complexity index is 921. The second-order valence-electron chi connectivity index (χ2n) is 5.04. The highest BCUT2D eigenvalue weighted by Crippen LogP contribution is 2.28. The second-order valence-corrected chi connectivity index (χ2v) is 6.40. The summed E-state index contributed by atoms with van der Waals surface area (Å²) in [4.78, 5) is 19.7. The molecule has 26 heavy (non-hydrogen) atoms. The highest BCUT2D eigenvalue weighted by atomic mass is 35.5. The molecule has 0 amide bonds. The molecular formula is C17H13ClFN3O3S. The Hall–Kier alpha value is -2.71. The van der Waals surface area contributed by atoms with Crippen molar-refractivity contribution >= 4 is 34.0 Å². The molecule has 6 nitrogen and oxygen atoms in total. The van der Waals surface area contributed by atoms with Crippen LogP contribution in [0.15, 0.2) is 42.7 Å². The van der Waals surface area contributed by atoms with E-state index in [1.165, 1.54) is 25.4 Å². The number of ether oxygens (including phenoxy) is 2. The summed E-state index contributed by atoms with van der Waals surface area (Å²) >= 11 is 6.97. The monoisotopic (exact) mass is 393 g/mol. The zero-order chi connectivity index (χ0) is 18.5. The van der Waals surface area contributed by atoms with Gasteiger partial charge >= 0.3 is 5.97 Å². The van der Waals surface area contributed by atoms with Crippen molar-refractivity contribution in [3.63, 3.8) is 0 Å². The molecule has 0 aliphatic rings. The van der Waals surface area contributed by atoms with Crippen molar-refractivity contribution in [2.24, 2.45) is 0 Å². The zero-order valence-corrected chi connectivity index (χ0v) is 15.1. The van der Waals surface area contributed by atoms with Crippen molar-refractivity contribution in [2.45, 2.75) is 6.54 Å². The number of carbonyl (C=O) groups excluding carboxylic acids is 1. The minimum Gasteiger partial charge on any atom is -0.465 e. The smallest absolute Gasteiger partial charge is 0.351 e. The third kappa shape index (κ3) is 4.27. The Morgan fingerprint density at radius 3 is 2.92 bits per heavy atom. The molecule has 134 valence electrons. The first-order chi connectivity index (χ1) is 12.6. The lowest BCUT2D eigenvalue weighted by atomic mass is 10.2. The van der Waals surface area contributed by atoms with Gasteiger partial charge in [-0.3, -0.25) is 4.98 Å². The Morgan fingerprint density at radius 2 is 2.23 bits per heavy atom. The standard InChI is InChI=1S/C17H13ClFN3O3S/c1-24-16(23)14-15(18)22-17(26-14)21-8-10-4-5-13(12(19)7-10)25-11-3-2-6-20-9-11/h2-7,9H,8H2,1H3,(H,21,22). The molecule has 0 fully saturated rings. The predicted octanol–water partition coefficient (Wildman–Crippen LogP) is 4.52. The number of methoxy groups -OCH3 is 1. The van der Waals surface area contributed by atoms with Gasteiger partial charge in [0.05, 0.1) is 13.3 Å². The van der Waals surface area contributed by atoms with Gasteiger partial charge in [-0.15, -0.1) is 0 Å². The number of benzene rings is 1. The molecule has 1 aromatic carbocycles. The van der Waals surface area contributed by atoms with Crippen LogP contribution in [0.2, 0.25) is 5.15 Å². The van der Waals surface area contributed by atoms with Crippen molar-refractivity contribution in [1.82, 2.24) is 9.97 Å². The predicted molar refractivity (Wildman–Crippen MR) is 96.5 cm³/mol. The number of carbonyl (C=O) groups is 1. The van der Waals surface area contributed by atoms with E-state index in [1.807, 2.05) is 0 Å². The Kier molecular flexibility index (Phi) is 5.65. The summed E-state index contributed by atoms with van der Waals surface area (Å²) in [6, 6.07) is 8.00. The number of hydrogen-bond donors (Lipinski definition) is 1. The molecule has 0 spiro atoms. The van der Waals surface area contributed by atoms with Crippen LogP contribution in [-0.4, -0.2) is 23.0 Å². The van der Waals surface area contributed by atoms with Gasteiger partial charge < -0.3 is 14.8 Å². The summed E-state index contributed by atoms with van der Waals surface area (Å²) in [5, 5.41) is 3.50. The second kappa shape index (κ2) is 8.11. The van der Waals surface area contributed by atoms with Gasteiger partial charge in [-0.25, -0.2) is 14.2 Å². The van der Waals surface area contributed by atoms with E-state index < -0.39 is 11.8 Å². The van der Waals surface area contributed by atoms with Crippen molar-refractivity contribution in [2.75, 3.05) is 12.4 Å². The fraction of sp³-hybridized carbons (Fsp3) is 0.118. The van der Waals surface area contributed by atoms with Gasteiger partial charge in [-0.05, 0) is 29.8 Å². The van der Waals surface area contributed by atoms with Crippen LogP contribution in [0.3, 0.4) is 0 Å². The van der Waals surface area contributed by atoms with Crippen LogP contribution in [-0.2, 0) is 11.3 Å². The quantitative estimate of drug-likeness (QED) is 0.620. The topological polar surface area (TPSA) is 73.3 Å². The summed E-state index contributed by atoms with van der Waals surface area (Å²) in [5.74, 6) is -0.499. The highest BCUT2D eigenvalue weighted by molar-refractivity contribution is 7.18. The number of nitrogens with zero attached hydrogens (tertiary/aromatic N) is 2. The van der Waals surface area contributed by atoms with Crippen LogP contribution in [0.4, 0.5) is 9.52 Å². The largest absolute Gasteiger partial charge is 0.465 e. The average molecular weight is 394 g/mol. The van der Waals surface area contributed by atoms with E-state index in [1.54, 1.807) is 24.4 Å². The molecule has 0 radical (unpaired) electrons. The number of pyridine rings is 1. The maximum Gasteiger partial charge on any atom is 0.351 e. The lowest BCUT2D eigenvalue weighted by Gasteiger charge is -2.08. The number of rotatable bonds is 6. The summed E-state index contributed by atoms with van der Waals surface area (Å²) < 4.78 is 24.3. The number of halogens is 2. The molecule has 0 bridgehead atoms. The van der Waals surface area contributed by atoms with Gasteiger partial charge in [0.15, 0.2) is 26.7 Å². The van der Waals surface area contributed by atoms with E-state index in [4.69, 9.17) is 16.3 Å². The van der Waals surface area contributed by atoms with E-state index in [-0.39, 0.29) is 15.8 Å². The molecule has 0 saturated carbocycles. The normalized spacial score (nSPS) is 10.4. The van der Waals surface area contributed by atoms with Crippen LogP contribution in [0.5, 0.6) is 11.5 Å². The maximum atomic E-state index is 14.2. The Morgan fingerprint density at radius 1 is 1.38 bits per heavy atom. The molecule has 0 unspecified atom stereocenters. The van der Waals surface area contributed by atoms with E-state index in [2.05, 4.69) is 20.0 Å². The van der Waals surface area contributed by atoms with E-state index >= 15 is 0 Å². The van der Waals surface area contributed by atoms with E-state index in [0.717, 1.165) is 11.3 Å². The Balaban J connectivity index is 1.66. The molecule has 9 heteroatoms. The SMILES string of the molecule is COC(=O)c1sc(NCc2ccc(Oc3cccnc3)c(F)c2)nc1Cl. The molecule has 0 atom stereocenters. The highest BCUT2D eigenvalue weighted by Gasteiger charge is 2.17. The van der Waals surface area contributed by atoms with Crippen LogP contribution < -0.4 is 10.1 Å².